The number of nitro groups is 1. The number of carboxylic acid groups (broad SMARTS) is 1. The summed E-state index contributed by atoms with van der Waals surface area (Å²) in [5.41, 5.74) is 0. The van der Waals surface area contributed by atoms with Crippen LogP contribution in [0.25, 0.3) is 0 Å². The first-order valence-corrected chi connectivity index (χ1v) is 5.15. The van der Waals surface area contributed by atoms with Crippen LogP contribution >= 0.6 is 0 Å². The molecule has 17 heavy (non-hydrogen) atoms. The zero-order valence-corrected chi connectivity index (χ0v) is 9.24. The van der Waals surface area contributed by atoms with Crippen molar-refractivity contribution in [3.05, 3.63) is 16.3 Å². The van der Waals surface area contributed by atoms with Crippen molar-refractivity contribution in [1.29, 1.82) is 0 Å². The Morgan fingerprint density at radius 1 is 1.76 bits per heavy atom. The minimum Gasteiger partial charge on any atom is -0.480 e. The molecule has 0 atom stereocenters. The van der Waals surface area contributed by atoms with Crippen LogP contribution in [0.1, 0.15) is 12.8 Å². The lowest BCUT2D eigenvalue weighted by Gasteiger charge is -2.17. The van der Waals surface area contributed by atoms with Gasteiger partial charge >= 0.3 is 11.8 Å². The number of hydrogen-bond acceptors (Lipinski definition) is 5. The average molecular weight is 240 g/mol. The second kappa shape index (κ2) is 4.04. The molecule has 2 rings (SSSR count). The Morgan fingerprint density at radius 3 is 2.82 bits per heavy atom. The van der Waals surface area contributed by atoms with E-state index in [4.69, 9.17) is 5.11 Å². The van der Waals surface area contributed by atoms with Crippen molar-refractivity contribution in [1.82, 2.24) is 9.55 Å². The van der Waals surface area contributed by atoms with Crippen LogP contribution in [0.15, 0.2) is 6.20 Å². The number of aromatic nitrogens is 2. The van der Waals surface area contributed by atoms with Crippen molar-refractivity contribution in [2.75, 3.05) is 11.4 Å². The lowest BCUT2D eigenvalue weighted by atomic mass is 10.5. The number of aliphatic carboxylic acids is 1. The van der Waals surface area contributed by atoms with Crippen LogP contribution in [0.5, 0.6) is 0 Å². The van der Waals surface area contributed by atoms with Crippen molar-refractivity contribution in [3.63, 3.8) is 0 Å². The minimum absolute atomic E-state index is 0.131. The van der Waals surface area contributed by atoms with E-state index in [-0.39, 0.29) is 18.4 Å². The van der Waals surface area contributed by atoms with Crippen LogP contribution in [0.3, 0.4) is 0 Å². The molecule has 0 saturated heterocycles. The van der Waals surface area contributed by atoms with Gasteiger partial charge in [-0.3, -0.25) is 4.79 Å². The third-order valence-corrected chi connectivity index (χ3v) is 2.68. The number of anilines is 1. The molecule has 0 aromatic carbocycles. The summed E-state index contributed by atoms with van der Waals surface area (Å²) < 4.78 is 1.31. The van der Waals surface area contributed by atoms with E-state index in [9.17, 15) is 14.9 Å². The summed E-state index contributed by atoms with van der Waals surface area (Å²) in [6.07, 6.45) is 2.94. The van der Waals surface area contributed by atoms with Gasteiger partial charge in [-0.1, -0.05) is 0 Å². The van der Waals surface area contributed by atoms with Crippen LogP contribution in [0.4, 0.5) is 11.8 Å². The predicted octanol–water partition coefficient (Wildman–Crippen LogP) is 0.382. The van der Waals surface area contributed by atoms with Gasteiger partial charge < -0.3 is 20.1 Å². The van der Waals surface area contributed by atoms with Gasteiger partial charge in [-0.2, -0.15) is 9.55 Å². The fourth-order valence-corrected chi connectivity index (χ4v) is 1.72. The van der Waals surface area contributed by atoms with Gasteiger partial charge in [0.2, 0.25) is 0 Å². The second-order valence-corrected chi connectivity index (χ2v) is 3.99. The topological polar surface area (TPSA) is 101 Å². The SMILES string of the molecule is Cn1c([N+](=O)[O-])cnc1N(CC(=O)O)C1CC1. The van der Waals surface area contributed by atoms with E-state index in [0.29, 0.717) is 5.95 Å². The summed E-state index contributed by atoms with van der Waals surface area (Å²) >= 11 is 0. The molecule has 1 aliphatic carbocycles. The van der Waals surface area contributed by atoms with Crippen LogP contribution in [0.2, 0.25) is 0 Å². The van der Waals surface area contributed by atoms with Gasteiger partial charge in [0.25, 0.3) is 5.95 Å². The predicted molar refractivity (Wildman–Crippen MR) is 57.9 cm³/mol. The fourth-order valence-electron chi connectivity index (χ4n) is 1.72. The van der Waals surface area contributed by atoms with E-state index in [1.54, 1.807) is 4.90 Å². The first-order valence-electron chi connectivity index (χ1n) is 5.15. The molecule has 0 aliphatic heterocycles. The molecular weight excluding hydrogens is 228 g/mol. The summed E-state index contributed by atoms with van der Waals surface area (Å²) in [5, 5.41) is 19.5. The highest BCUT2D eigenvalue weighted by Gasteiger charge is 2.35. The Labute approximate surface area is 96.6 Å². The highest BCUT2D eigenvalue weighted by atomic mass is 16.6. The number of carboxylic acids is 1. The summed E-state index contributed by atoms with van der Waals surface area (Å²) in [5.74, 6) is -0.778. The smallest absolute Gasteiger partial charge is 0.344 e. The van der Waals surface area contributed by atoms with Crippen LogP contribution < -0.4 is 4.90 Å². The number of carbonyl (C=O) groups is 1. The van der Waals surface area contributed by atoms with Crippen molar-refractivity contribution in [3.8, 4) is 0 Å². The molecule has 92 valence electrons. The van der Waals surface area contributed by atoms with Crippen molar-refractivity contribution < 1.29 is 14.8 Å². The standard InChI is InChI=1S/C9H12N4O4/c1-11-7(13(16)17)4-10-9(11)12(5-8(14)15)6-2-3-6/h4,6H,2-3,5H2,1H3,(H,14,15). The molecule has 1 aromatic rings. The summed E-state index contributed by atoms with van der Waals surface area (Å²) in [4.78, 5) is 26.4. The third-order valence-electron chi connectivity index (χ3n) is 2.68. The molecule has 8 heteroatoms. The van der Waals surface area contributed by atoms with Crippen LogP contribution in [-0.2, 0) is 11.8 Å². The molecule has 0 bridgehead atoms. The van der Waals surface area contributed by atoms with Gasteiger partial charge in [-0.15, -0.1) is 0 Å². The van der Waals surface area contributed by atoms with E-state index < -0.39 is 10.9 Å². The lowest BCUT2D eigenvalue weighted by molar-refractivity contribution is -0.391. The number of rotatable bonds is 5. The summed E-state index contributed by atoms with van der Waals surface area (Å²) in [7, 11) is 1.51. The van der Waals surface area contributed by atoms with Gasteiger partial charge in [0, 0.05) is 6.04 Å². The second-order valence-electron chi connectivity index (χ2n) is 3.99. The maximum absolute atomic E-state index is 10.8. The lowest BCUT2D eigenvalue weighted by Crippen LogP contribution is -2.33. The van der Waals surface area contributed by atoms with Gasteiger partial charge in [-0.25, -0.2) is 0 Å². The fraction of sp³-hybridized carbons (Fsp3) is 0.556. The monoisotopic (exact) mass is 240 g/mol. The molecule has 8 nitrogen and oxygen atoms in total. The average Bonchev–Trinajstić information content (AvgIpc) is 2.98. The molecule has 0 unspecified atom stereocenters. The van der Waals surface area contributed by atoms with Gasteiger partial charge in [0.15, 0.2) is 0 Å². The van der Waals surface area contributed by atoms with Crippen molar-refractivity contribution in [2.45, 2.75) is 18.9 Å². The summed E-state index contributed by atoms with van der Waals surface area (Å²) in [6, 6.07) is 0.131. The van der Waals surface area contributed by atoms with E-state index in [0.717, 1.165) is 19.0 Å². The van der Waals surface area contributed by atoms with Crippen LogP contribution in [0, 0.1) is 10.1 Å². The van der Waals surface area contributed by atoms with E-state index >= 15 is 0 Å². The van der Waals surface area contributed by atoms with E-state index in [1.165, 1.54) is 11.6 Å². The van der Waals surface area contributed by atoms with Crippen molar-refractivity contribution >= 4 is 17.7 Å². The zero-order valence-electron chi connectivity index (χ0n) is 9.24. The molecule has 1 fully saturated rings. The van der Waals surface area contributed by atoms with E-state index in [1.807, 2.05) is 0 Å². The maximum Gasteiger partial charge on any atom is 0.344 e. The molecular formula is C9H12N4O4. The highest BCUT2D eigenvalue weighted by molar-refractivity contribution is 5.73. The van der Waals surface area contributed by atoms with Crippen molar-refractivity contribution in [2.24, 2.45) is 7.05 Å². The molecule has 1 N–H and O–H groups in total. The number of imidazole rings is 1. The van der Waals surface area contributed by atoms with Crippen LogP contribution in [-0.4, -0.2) is 38.1 Å². The molecule has 1 aromatic heterocycles. The first kappa shape index (κ1) is 11.4. The zero-order chi connectivity index (χ0) is 12.6. The Balaban J connectivity index is 2.29. The molecule has 0 radical (unpaired) electrons. The Bertz CT molecular complexity index is 466. The maximum atomic E-state index is 10.8. The molecule has 0 amide bonds. The number of nitrogens with zero attached hydrogens (tertiary/aromatic N) is 4. The Morgan fingerprint density at radius 2 is 2.41 bits per heavy atom. The van der Waals surface area contributed by atoms with E-state index in [2.05, 4.69) is 4.98 Å². The van der Waals surface area contributed by atoms with Gasteiger partial charge in [0.1, 0.15) is 12.7 Å². The number of hydrogen-bond donors (Lipinski definition) is 1. The Kier molecular flexibility index (Phi) is 2.70. The summed E-state index contributed by atoms with van der Waals surface area (Å²) in [6.45, 7) is -0.188. The minimum atomic E-state index is -0.970. The molecule has 1 heterocycles. The van der Waals surface area contributed by atoms with Gasteiger partial charge in [0.05, 0.1) is 7.05 Å². The molecule has 1 aliphatic rings. The van der Waals surface area contributed by atoms with Gasteiger partial charge in [-0.05, 0) is 17.8 Å². The quantitative estimate of drug-likeness (QED) is 0.589. The highest BCUT2D eigenvalue weighted by Crippen LogP contribution is 2.31. The largest absolute Gasteiger partial charge is 0.480 e. The first-order chi connectivity index (χ1) is 8.00. The molecule has 0 spiro atoms. The normalized spacial score (nSPS) is 14.6. The third kappa shape index (κ3) is 2.19. The molecule has 1 saturated carbocycles. The Hall–Kier alpha value is -2.12.